The SMILES string of the molecule is CC(=O)N1[C@H](Cc2ccccc2)C(=O)NC1(c1ccccc1)c1ccc(C[C@H](NC(=O)C2(c3ccccc3)CCCC2)C(=O)O)cc1. The molecule has 1 heterocycles. The molecule has 1 saturated carbocycles. The van der Waals surface area contributed by atoms with Gasteiger partial charge in [-0.2, -0.15) is 0 Å². The summed E-state index contributed by atoms with van der Waals surface area (Å²) in [5, 5.41) is 16.2. The van der Waals surface area contributed by atoms with Gasteiger partial charge in [0.15, 0.2) is 5.66 Å². The van der Waals surface area contributed by atoms with Crippen LogP contribution in [0.4, 0.5) is 0 Å². The number of carbonyl (C=O) groups excluding carboxylic acids is 3. The van der Waals surface area contributed by atoms with Crippen molar-refractivity contribution in [1.82, 2.24) is 15.5 Å². The largest absolute Gasteiger partial charge is 0.480 e. The van der Waals surface area contributed by atoms with Gasteiger partial charge in [-0.25, -0.2) is 4.79 Å². The fourth-order valence-corrected chi connectivity index (χ4v) is 7.42. The highest BCUT2D eigenvalue weighted by atomic mass is 16.4. The second-order valence-electron chi connectivity index (χ2n) is 12.6. The number of hydrogen-bond acceptors (Lipinski definition) is 4. The Morgan fingerprint density at radius 3 is 1.87 bits per heavy atom. The molecule has 6 rings (SSSR count). The number of amides is 3. The van der Waals surface area contributed by atoms with Gasteiger partial charge < -0.3 is 15.7 Å². The van der Waals surface area contributed by atoms with E-state index in [9.17, 15) is 24.3 Å². The number of carboxylic acid groups (broad SMARTS) is 1. The lowest BCUT2D eigenvalue weighted by Crippen LogP contribution is -2.53. The Morgan fingerprint density at radius 1 is 0.787 bits per heavy atom. The molecule has 47 heavy (non-hydrogen) atoms. The average Bonchev–Trinajstić information content (AvgIpc) is 3.71. The highest BCUT2D eigenvalue weighted by Gasteiger charge is 2.54. The predicted octanol–water partition coefficient (Wildman–Crippen LogP) is 5.10. The molecule has 1 unspecified atom stereocenters. The van der Waals surface area contributed by atoms with Crippen molar-refractivity contribution in [2.24, 2.45) is 0 Å². The van der Waals surface area contributed by atoms with Gasteiger partial charge in [0.25, 0.3) is 0 Å². The van der Waals surface area contributed by atoms with E-state index in [-0.39, 0.29) is 24.1 Å². The molecular formula is C39H39N3O5. The first-order valence-electron chi connectivity index (χ1n) is 16.1. The number of carboxylic acids is 1. The van der Waals surface area contributed by atoms with Crippen molar-refractivity contribution in [3.05, 3.63) is 143 Å². The van der Waals surface area contributed by atoms with Gasteiger partial charge in [-0.05, 0) is 29.5 Å². The summed E-state index contributed by atoms with van der Waals surface area (Å²) in [7, 11) is 0. The number of hydrogen-bond donors (Lipinski definition) is 3. The molecule has 2 fully saturated rings. The summed E-state index contributed by atoms with van der Waals surface area (Å²) in [5.41, 5.74) is 1.92. The number of nitrogens with one attached hydrogen (secondary N) is 2. The predicted molar refractivity (Wildman–Crippen MR) is 178 cm³/mol. The van der Waals surface area contributed by atoms with Gasteiger partial charge in [-0.15, -0.1) is 0 Å². The molecule has 2 aliphatic rings. The first kappa shape index (κ1) is 31.7. The first-order valence-corrected chi connectivity index (χ1v) is 16.1. The maximum atomic E-state index is 13.7. The summed E-state index contributed by atoms with van der Waals surface area (Å²) in [6.07, 6.45) is 3.59. The van der Waals surface area contributed by atoms with Crippen molar-refractivity contribution in [3.8, 4) is 0 Å². The number of nitrogens with zero attached hydrogens (tertiary/aromatic N) is 1. The zero-order chi connectivity index (χ0) is 33.0. The van der Waals surface area contributed by atoms with Crippen LogP contribution < -0.4 is 10.6 Å². The number of aliphatic carboxylic acids is 1. The molecular weight excluding hydrogens is 590 g/mol. The second kappa shape index (κ2) is 13.2. The molecule has 0 radical (unpaired) electrons. The van der Waals surface area contributed by atoms with Crippen molar-refractivity contribution in [2.45, 2.75) is 68.6 Å². The monoisotopic (exact) mass is 629 g/mol. The number of rotatable bonds is 10. The van der Waals surface area contributed by atoms with E-state index in [0.29, 0.717) is 30.4 Å². The summed E-state index contributed by atoms with van der Waals surface area (Å²) in [6, 6.07) is 34.0. The van der Waals surface area contributed by atoms with E-state index in [0.717, 1.165) is 29.5 Å². The van der Waals surface area contributed by atoms with Crippen molar-refractivity contribution in [3.63, 3.8) is 0 Å². The summed E-state index contributed by atoms with van der Waals surface area (Å²) in [6.45, 7) is 1.47. The molecule has 1 aliphatic carbocycles. The minimum atomic E-state index is -1.27. The third kappa shape index (κ3) is 6.03. The Hall–Kier alpha value is -5.24. The van der Waals surface area contributed by atoms with Gasteiger partial charge in [0.2, 0.25) is 17.7 Å². The highest BCUT2D eigenvalue weighted by Crippen LogP contribution is 2.42. The van der Waals surface area contributed by atoms with Crippen LogP contribution in [0.25, 0.3) is 0 Å². The lowest BCUT2D eigenvalue weighted by molar-refractivity contribution is -0.142. The van der Waals surface area contributed by atoms with E-state index >= 15 is 0 Å². The van der Waals surface area contributed by atoms with Gasteiger partial charge in [-0.1, -0.05) is 128 Å². The summed E-state index contributed by atoms with van der Waals surface area (Å²) in [4.78, 5) is 54.9. The molecule has 3 atom stereocenters. The number of benzene rings is 4. The Morgan fingerprint density at radius 2 is 1.32 bits per heavy atom. The maximum absolute atomic E-state index is 13.7. The summed E-state index contributed by atoms with van der Waals surface area (Å²) in [5.74, 6) is -1.89. The highest BCUT2D eigenvalue weighted by molar-refractivity contribution is 5.93. The van der Waals surface area contributed by atoms with Crippen LogP contribution in [0, 0.1) is 0 Å². The molecule has 4 aromatic carbocycles. The van der Waals surface area contributed by atoms with E-state index in [1.165, 1.54) is 6.92 Å². The van der Waals surface area contributed by atoms with E-state index in [4.69, 9.17) is 0 Å². The first-order chi connectivity index (χ1) is 22.7. The van der Waals surface area contributed by atoms with Gasteiger partial charge in [0.05, 0.1) is 5.41 Å². The maximum Gasteiger partial charge on any atom is 0.326 e. The van der Waals surface area contributed by atoms with E-state index in [1.807, 2.05) is 103 Å². The molecule has 4 aromatic rings. The van der Waals surface area contributed by atoms with E-state index in [2.05, 4.69) is 10.6 Å². The van der Waals surface area contributed by atoms with Crippen LogP contribution in [0.3, 0.4) is 0 Å². The minimum Gasteiger partial charge on any atom is -0.480 e. The molecule has 8 nitrogen and oxygen atoms in total. The van der Waals surface area contributed by atoms with Crippen LogP contribution in [-0.2, 0) is 43.1 Å². The van der Waals surface area contributed by atoms with Crippen LogP contribution in [-0.4, -0.2) is 45.8 Å². The average molecular weight is 630 g/mol. The topological polar surface area (TPSA) is 116 Å². The van der Waals surface area contributed by atoms with E-state index < -0.39 is 29.1 Å². The Balaban J connectivity index is 1.30. The normalized spacial score (nSPS) is 20.7. The zero-order valence-electron chi connectivity index (χ0n) is 26.4. The summed E-state index contributed by atoms with van der Waals surface area (Å²) >= 11 is 0. The van der Waals surface area contributed by atoms with Crippen LogP contribution in [0.15, 0.2) is 115 Å². The van der Waals surface area contributed by atoms with Crippen LogP contribution in [0.5, 0.6) is 0 Å². The number of carbonyl (C=O) groups is 4. The van der Waals surface area contributed by atoms with Gasteiger partial charge in [0.1, 0.15) is 12.1 Å². The van der Waals surface area contributed by atoms with Crippen LogP contribution in [0.1, 0.15) is 60.4 Å². The molecule has 1 saturated heterocycles. The standard InChI is InChI=1S/C39H39N3O5/c1-27(43)42-34(26-28-13-5-2-6-14-28)35(44)41-39(42,31-17-9-4-10-18-31)32-21-19-29(20-22-32)25-33(36(45)46)40-37(47)38(23-11-12-24-38)30-15-7-3-8-16-30/h2-10,13-22,33-34H,11-12,23-26H2,1H3,(H,40,47)(H,41,44)(H,45,46)/t33-,34+,39?/m0/s1. The van der Waals surface area contributed by atoms with E-state index in [1.54, 1.807) is 17.0 Å². The van der Waals surface area contributed by atoms with Gasteiger partial charge >= 0.3 is 5.97 Å². The minimum absolute atomic E-state index is 0.0734. The summed E-state index contributed by atoms with van der Waals surface area (Å²) < 4.78 is 0. The van der Waals surface area contributed by atoms with Crippen LogP contribution in [0.2, 0.25) is 0 Å². The Bertz CT molecular complexity index is 1740. The molecule has 1 aliphatic heterocycles. The fourth-order valence-electron chi connectivity index (χ4n) is 7.42. The fraction of sp³-hybridized carbons (Fsp3) is 0.282. The van der Waals surface area contributed by atoms with Crippen molar-refractivity contribution in [1.29, 1.82) is 0 Å². The third-order valence-corrected chi connectivity index (χ3v) is 9.72. The molecule has 240 valence electrons. The smallest absolute Gasteiger partial charge is 0.326 e. The van der Waals surface area contributed by atoms with Gasteiger partial charge in [-0.3, -0.25) is 19.3 Å². The quantitative estimate of drug-likeness (QED) is 0.226. The Labute approximate surface area is 274 Å². The van der Waals surface area contributed by atoms with Crippen molar-refractivity contribution < 1.29 is 24.3 Å². The molecule has 8 heteroatoms. The van der Waals surface area contributed by atoms with Crippen LogP contribution >= 0.6 is 0 Å². The Kier molecular flexibility index (Phi) is 8.94. The zero-order valence-corrected chi connectivity index (χ0v) is 26.4. The van der Waals surface area contributed by atoms with Crippen molar-refractivity contribution >= 4 is 23.7 Å². The molecule has 0 spiro atoms. The molecule has 3 amide bonds. The molecule has 3 N–H and O–H groups in total. The lowest BCUT2D eigenvalue weighted by atomic mass is 9.77. The second-order valence-corrected chi connectivity index (χ2v) is 12.6. The molecule has 0 aromatic heterocycles. The molecule has 0 bridgehead atoms. The van der Waals surface area contributed by atoms with Gasteiger partial charge in [0, 0.05) is 30.9 Å². The van der Waals surface area contributed by atoms with Crippen molar-refractivity contribution in [2.75, 3.05) is 0 Å². The lowest BCUT2D eigenvalue weighted by Gasteiger charge is -2.40. The third-order valence-electron chi connectivity index (χ3n) is 9.72.